The Balaban J connectivity index is 1.89. The number of hydrogen-bond acceptors (Lipinski definition) is 2. The highest BCUT2D eigenvalue weighted by molar-refractivity contribution is 5.06. The second kappa shape index (κ2) is 4.75. The van der Waals surface area contributed by atoms with Gasteiger partial charge in [-0.25, -0.2) is 4.39 Å². The maximum Gasteiger partial charge on any atom is 0.119 e. The zero-order valence-electron chi connectivity index (χ0n) is 9.12. The summed E-state index contributed by atoms with van der Waals surface area (Å²) in [5.74, 6) is 0. The van der Waals surface area contributed by atoms with Crippen molar-refractivity contribution in [3.8, 4) is 0 Å². The minimum Gasteiger partial charge on any atom is -0.311 e. The average molecular weight is 211 g/mol. The van der Waals surface area contributed by atoms with Crippen LogP contribution < -0.4 is 5.32 Å². The summed E-state index contributed by atoms with van der Waals surface area (Å²) >= 11 is 0. The maximum atomic E-state index is 13.8. The molecule has 84 valence electrons. The molecule has 2 atom stereocenters. The summed E-state index contributed by atoms with van der Waals surface area (Å²) < 4.78 is 15.6. The first kappa shape index (κ1) is 10.6. The van der Waals surface area contributed by atoms with Gasteiger partial charge >= 0.3 is 0 Å². The van der Waals surface area contributed by atoms with Crippen LogP contribution in [0.4, 0.5) is 4.39 Å². The Bertz CT molecular complexity index is 305. The smallest absolute Gasteiger partial charge is 0.119 e. The Kier molecular flexibility index (Phi) is 3.36. The zero-order chi connectivity index (χ0) is 10.7. The monoisotopic (exact) mass is 211 g/mol. The van der Waals surface area contributed by atoms with E-state index >= 15 is 0 Å². The SMILES string of the molecule is CCn1cc(CC(F)C2CCCN2)cn1. The molecule has 2 rings (SSSR count). The number of rotatable bonds is 4. The molecule has 1 aliphatic heterocycles. The third kappa shape index (κ3) is 2.56. The van der Waals surface area contributed by atoms with E-state index in [4.69, 9.17) is 0 Å². The van der Waals surface area contributed by atoms with E-state index in [1.807, 2.05) is 17.8 Å². The molecule has 1 saturated heterocycles. The fourth-order valence-corrected chi connectivity index (χ4v) is 2.07. The van der Waals surface area contributed by atoms with E-state index in [-0.39, 0.29) is 6.04 Å². The summed E-state index contributed by atoms with van der Waals surface area (Å²) in [6.07, 6.45) is 5.47. The molecule has 0 bridgehead atoms. The van der Waals surface area contributed by atoms with Gasteiger partial charge in [-0.2, -0.15) is 5.10 Å². The summed E-state index contributed by atoms with van der Waals surface area (Å²) in [7, 11) is 0. The Morgan fingerprint density at radius 3 is 3.20 bits per heavy atom. The summed E-state index contributed by atoms with van der Waals surface area (Å²) in [5, 5.41) is 7.34. The highest BCUT2D eigenvalue weighted by atomic mass is 19.1. The second-order valence-electron chi connectivity index (χ2n) is 4.13. The minimum atomic E-state index is -0.776. The lowest BCUT2D eigenvalue weighted by molar-refractivity contribution is 0.263. The van der Waals surface area contributed by atoms with Crippen LogP contribution in [0.1, 0.15) is 25.3 Å². The van der Waals surface area contributed by atoms with Gasteiger partial charge in [0.2, 0.25) is 0 Å². The molecule has 4 heteroatoms. The number of nitrogens with one attached hydrogen (secondary N) is 1. The Labute approximate surface area is 89.7 Å². The van der Waals surface area contributed by atoms with E-state index in [0.29, 0.717) is 6.42 Å². The van der Waals surface area contributed by atoms with E-state index in [1.54, 1.807) is 6.20 Å². The number of nitrogens with zero attached hydrogens (tertiary/aromatic N) is 2. The molecule has 15 heavy (non-hydrogen) atoms. The van der Waals surface area contributed by atoms with Gasteiger partial charge in [-0.15, -0.1) is 0 Å². The average Bonchev–Trinajstić information content (AvgIpc) is 2.87. The fourth-order valence-electron chi connectivity index (χ4n) is 2.07. The van der Waals surface area contributed by atoms with Crippen LogP contribution >= 0.6 is 0 Å². The number of hydrogen-bond donors (Lipinski definition) is 1. The van der Waals surface area contributed by atoms with Gasteiger partial charge in [0.05, 0.1) is 6.20 Å². The topological polar surface area (TPSA) is 29.9 Å². The molecule has 0 aliphatic carbocycles. The van der Waals surface area contributed by atoms with E-state index in [1.165, 1.54) is 0 Å². The summed E-state index contributed by atoms with van der Waals surface area (Å²) in [4.78, 5) is 0. The third-order valence-corrected chi connectivity index (χ3v) is 2.98. The number of aryl methyl sites for hydroxylation is 1. The van der Waals surface area contributed by atoms with E-state index < -0.39 is 6.17 Å². The van der Waals surface area contributed by atoms with Crippen LogP contribution in [-0.2, 0) is 13.0 Å². The number of aromatic nitrogens is 2. The van der Waals surface area contributed by atoms with Crippen LogP contribution in [0.5, 0.6) is 0 Å². The summed E-state index contributed by atoms with van der Waals surface area (Å²) in [6, 6.07) is 0.0509. The van der Waals surface area contributed by atoms with Gasteiger partial charge in [-0.1, -0.05) is 0 Å². The van der Waals surface area contributed by atoms with Crippen molar-refractivity contribution in [2.24, 2.45) is 0 Å². The molecule has 0 amide bonds. The largest absolute Gasteiger partial charge is 0.311 e. The van der Waals surface area contributed by atoms with Crippen LogP contribution in [0.25, 0.3) is 0 Å². The van der Waals surface area contributed by atoms with Crippen molar-refractivity contribution in [2.75, 3.05) is 6.54 Å². The second-order valence-corrected chi connectivity index (χ2v) is 4.13. The first-order valence-corrected chi connectivity index (χ1v) is 5.68. The molecule has 3 nitrogen and oxygen atoms in total. The van der Waals surface area contributed by atoms with Gasteiger partial charge in [0.1, 0.15) is 6.17 Å². The first-order valence-electron chi connectivity index (χ1n) is 5.68. The van der Waals surface area contributed by atoms with Crippen LogP contribution in [0.2, 0.25) is 0 Å². The van der Waals surface area contributed by atoms with E-state index in [0.717, 1.165) is 31.5 Å². The van der Waals surface area contributed by atoms with Crippen LogP contribution in [0, 0.1) is 0 Å². The van der Waals surface area contributed by atoms with Gasteiger partial charge in [-0.3, -0.25) is 4.68 Å². The number of alkyl halides is 1. The quantitative estimate of drug-likeness (QED) is 0.818. The van der Waals surface area contributed by atoms with Gasteiger partial charge < -0.3 is 5.32 Å². The highest BCUT2D eigenvalue weighted by Gasteiger charge is 2.24. The molecule has 0 saturated carbocycles. The van der Waals surface area contributed by atoms with Crippen molar-refractivity contribution in [3.63, 3.8) is 0 Å². The lowest BCUT2D eigenvalue weighted by atomic mass is 10.0. The van der Waals surface area contributed by atoms with Gasteiger partial charge in [0.25, 0.3) is 0 Å². The van der Waals surface area contributed by atoms with Crippen molar-refractivity contribution in [1.29, 1.82) is 0 Å². The molecule has 0 spiro atoms. The predicted octanol–water partition coefficient (Wildman–Crippen LogP) is 1.54. The number of halogens is 1. The normalized spacial score (nSPS) is 23.2. The molecule has 2 unspecified atom stereocenters. The summed E-state index contributed by atoms with van der Waals surface area (Å²) in [6.45, 7) is 3.83. The molecule has 1 aromatic heterocycles. The summed E-state index contributed by atoms with van der Waals surface area (Å²) in [5.41, 5.74) is 0.998. The Hall–Kier alpha value is -0.900. The van der Waals surface area contributed by atoms with Crippen molar-refractivity contribution in [3.05, 3.63) is 18.0 Å². The van der Waals surface area contributed by atoms with Gasteiger partial charge in [0.15, 0.2) is 0 Å². The molecule has 1 N–H and O–H groups in total. The molecule has 2 heterocycles. The van der Waals surface area contributed by atoms with Crippen molar-refractivity contribution < 1.29 is 4.39 Å². The van der Waals surface area contributed by atoms with Crippen LogP contribution in [0.3, 0.4) is 0 Å². The minimum absolute atomic E-state index is 0.0509. The van der Waals surface area contributed by atoms with E-state index in [9.17, 15) is 4.39 Å². The molecule has 0 aromatic carbocycles. The van der Waals surface area contributed by atoms with Crippen LogP contribution in [0.15, 0.2) is 12.4 Å². The zero-order valence-corrected chi connectivity index (χ0v) is 9.12. The van der Waals surface area contributed by atoms with Crippen LogP contribution in [-0.4, -0.2) is 28.5 Å². The molecule has 1 fully saturated rings. The standard InChI is InChI=1S/C11H18FN3/c1-2-15-8-9(7-14-15)6-10(12)11-4-3-5-13-11/h7-8,10-11,13H,2-6H2,1H3. The van der Waals surface area contributed by atoms with Crippen molar-refractivity contribution in [2.45, 2.75) is 44.9 Å². The lowest BCUT2D eigenvalue weighted by Gasteiger charge is -2.14. The van der Waals surface area contributed by atoms with Crippen molar-refractivity contribution >= 4 is 0 Å². The van der Waals surface area contributed by atoms with E-state index in [2.05, 4.69) is 10.4 Å². The molecular weight excluding hydrogens is 193 g/mol. The predicted molar refractivity (Wildman–Crippen MR) is 57.5 cm³/mol. The molecule has 1 aliphatic rings. The Morgan fingerprint density at radius 2 is 2.60 bits per heavy atom. The fraction of sp³-hybridized carbons (Fsp3) is 0.727. The van der Waals surface area contributed by atoms with Gasteiger partial charge in [-0.05, 0) is 31.9 Å². The van der Waals surface area contributed by atoms with Crippen molar-refractivity contribution in [1.82, 2.24) is 15.1 Å². The first-order chi connectivity index (χ1) is 7.29. The molecular formula is C11H18FN3. The third-order valence-electron chi connectivity index (χ3n) is 2.98. The highest BCUT2D eigenvalue weighted by Crippen LogP contribution is 2.16. The lowest BCUT2D eigenvalue weighted by Crippen LogP contribution is -2.33. The molecule has 0 radical (unpaired) electrons. The maximum absolute atomic E-state index is 13.8. The Morgan fingerprint density at radius 1 is 1.73 bits per heavy atom. The van der Waals surface area contributed by atoms with Gasteiger partial charge in [0, 0.05) is 25.2 Å². The molecule has 1 aromatic rings.